The highest BCUT2D eigenvalue weighted by Crippen LogP contribution is 2.12. The molecule has 1 N–H and O–H groups in total. The van der Waals surface area contributed by atoms with Gasteiger partial charge in [-0.1, -0.05) is 6.08 Å². The fourth-order valence-electron chi connectivity index (χ4n) is 1.14. The lowest BCUT2D eigenvalue weighted by Crippen LogP contribution is -1.92. The second-order valence-electron chi connectivity index (χ2n) is 2.76. The van der Waals surface area contributed by atoms with Gasteiger partial charge in [0.25, 0.3) is 6.01 Å². The van der Waals surface area contributed by atoms with Crippen molar-refractivity contribution in [2.24, 2.45) is 0 Å². The predicted octanol–water partition coefficient (Wildman–Crippen LogP) is 1.09. The number of aromatic nitrogens is 4. The van der Waals surface area contributed by atoms with Gasteiger partial charge >= 0.3 is 0 Å². The molecule has 0 radical (unpaired) electrons. The van der Waals surface area contributed by atoms with Crippen molar-refractivity contribution >= 4 is 11.2 Å². The molecule has 0 spiro atoms. The molecule has 2 aromatic heterocycles. The van der Waals surface area contributed by atoms with Crippen LogP contribution >= 0.6 is 0 Å². The van der Waals surface area contributed by atoms with Crippen LogP contribution in [0.3, 0.4) is 0 Å². The zero-order valence-corrected chi connectivity index (χ0v) is 7.82. The number of fused-ring (bicyclic) bond motifs is 1. The summed E-state index contributed by atoms with van der Waals surface area (Å²) in [4.78, 5) is 15.4. The first-order valence-electron chi connectivity index (χ1n) is 4.20. The van der Waals surface area contributed by atoms with E-state index in [4.69, 9.17) is 4.74 Å². The van der Waals surface area contributed by atoms with Crippen LogP contribution < -0.4 is 4.74 Å². The van der Waals surface area contributed by atoms with Crippen molar-refractivity contribution < 1.29 is 4.74 Å². The highest BCUT2D eigenvalue weighted by Gasteiger charge is 2.04. The van der Waals surface area contributed by atoms with Crippen LogP contribution in [-0.2, 0) is 6.42 Å². The molecule has 2 heterocycles. The molecule has 5 heteroatoms. The van der Waals surface area contributed by atoms with E-state index < -0.39 is 0 Å². The van der Waals surface area contributed by atoms with Crippen LogP contribution in [0.15, 0.2) is 18.9 Å². The zero-order valence-electron chi connectivity index (χ0n) is 7.82. The summed E-state index contributed by atoms with van der Waals surface area (Å²) in [5.41, 5.74) is 1.39. The van der Waals surface area contributed by atoms with Crippen molar-refractivity contribution in [2.75, 3.05) is 7.11 Å². The number of aromatic amines is 1. The maximum atomic E-state index is 4.94. The Bertz CT molecular complexity index is 463. The van der Waals surface area contributed by atoms with Gasteiger partial charge in [-0.3, -0.25) is 0 Å². The third-order valence-electron chi connectivity index (χ3n) is 1.79. The molecule has 2 rings (SSSR count). The molecule has 2 aromatic rings. The fraction of sp³-hybridized carbons (Fsp3) is 0.222. The Labute approximate surface area is 80.9 Å². The SMILES string of the molecule is C=CCc1ncc2[nH]c(OC)nc2n1. The molecule has 14 heavy (non-hydrogen) atoms. The van der Waals surface area contributed by atoms with E-state index in [2.05, 4.69) is 26.5 Å². The molecule has 5 nitrogen and oxygen atoms in total. The van der Waals surface area contributed by atoms with Crippen LogP contribution in [0.25, 0.3) is 11.2 Å². The van der Waals surface area contributed by atoms with Gasteiger partial charge in [0, 0.05) is 6.42 Å². The molecular formula is C9H10N4O. The first-order valence-corrected chi connectivity index (χ1v) is 4.20. The van der Waals surface area contributed by atoms with E-state index in [0.29, 0.717) is 23.9 Å². The third-order valence-corrected chi connectivity index (χ3v) is 1.79. The molecule has 0 bridgehead atoms. The Morgan fingerprint density at radius 1 is 1.57 bits per heavy atom. The fourth-order valence-corrected chi connectivity index (χ4v) is 1.14. The molecular weight excluding hydrogens is 180 g/mol. The number of H-pyrrole nitrogens is 1. The van der Waals surface area contributed by atoms with Gasteiger partial charge in [0.15, 0.2) is 5.65 Å². The van der Waals surface area contributed by atoms with E-state index in [0.717, 1.165) is 5.52 Å². The summed E-state index contributed by atoms with van der Waals surface area (Å²) in [5.74, 6) is 0.710. The minimum absolute atomic E-state index is 0.449. The largest absolute Gasteiger partial charge is 0.468 e. The maximum absolute atomic E-state index is 4.94. The highest BCUT2D eigenvalue weighted by molar-refractivity contribution is 5.69. The Hall–Kier alpha value is -1.91. The van der Waals surface area contributed by atoms with Crippen molar-refractivity contribution in [3.05, 3.63) is 24.7 Å². The van der Waals surface area contributed by atoms with Crippen molar-refractivity contribution in [1.29, 1.82) is 0 Å². The molecule has 0 amide bonds. The average molecular weight is 190 g/mol. The second kappa shape index (κ2) is 3.45. The summed E-state index contributed by atoms with van der Waals surface area (Å²) < 4.78 is 4.94. The summed E-state index contributed by atoms with van der Waals surface area (Å²) in [5, 5.41) is 0. The normalized spacial score (nSPS) is 10.4. The molecule has 0 atom stereocenters. The minimum atomic E-state index is 0.449. The topological polar surface area (TPSA) is 63.7 Å². The zero-order chi connectivity index (χ0) is 9.97. The molecule has 0 saturated carbocycles. The number of ether oxygens (including phenoxy) is 1. The number of rotatable bonds is 3. The van der Waals surface area contributed by atoms with Gasteiger partial charge < -0.3 is 9.72 Å². The lowest BCUT2D eigenvalue weighted by Gasteiger charge is -1.92. The van der Waals surface area contributed by atoms with Crippen LogP contribution in [0.1, 0.15) is 5.82 Å². The van der Waals surface area contributed by atoms with Crippen LogP contribution in [0.2, 0.25) is 0 Å². The van der Waals surface area contributed by atoms with E-state index in [1.807, 2.05) is 0 Å². The Morgan fingerprint density at radius 2 is 2.43 bits per heavy atom. The smallest absolute Gasteiger partial charge is 0.295 e. The molecule has 0 aliphatic heterocycles. The number of allylic oxidation sites excluding steroid dienone is 1. The number of methoxy groups -OCH3 is 1. The standard InChI is InChI=1S/C9H10N4O/c1-3-4-7-10-5-6-8(12-7)13-9(11-6)14-2/h3,5H,1,4H2,2H3,(H,10,11,12,13). The maximum Gasteiger partial charge on any atom is 0.295 e. The van der Waals surface area contributed by atoms with Crippen molar-refractivity contribution in [1.82, 2.24) is 19.9 Å². The summed E-state index contributed by atoms with van der Waals surface area (Å²) in [6, 6.07) is 0.449. The van der Waals surface area contributed by atoms with Gasteiger partial charge in [0.2, 0.25) is 0 Å². The lowest BCUT2D eigenvalue weighted by molar-refractivity contribution is 0.385. The molecule has 0 saturated heterocycles. The van der Waals surface area contributed by atoms with Gasteiger partial charge in [-0.2, -0.15) is 4.98 Å². The first kappa shape index (κ1) is 8.68. The third kappa shape index (κ3) is 1.44. The van der Waals surface area contributed by atoms with Crippen LogP contribution in [0, 0.1) is 0 Å². The number of imidazole rings is 1. The summed E-state index contributed by atoms with van der Waals surface area (Å²) in [6.45, 7) is 3.62. The van der Waals surface area contributed by atoms with E-state index in [9.17, 15) is 0 Å². The molecule has 72 valence electrons. The average Bonchev–Trinajstić information content (AvgIpc) is 2.60. The van der Waals surface area contributed by atoms with E-state index >= 15 is 0 Å². The lowest BCUT2D eigenvalue weighted by atomic mass is 10.4. The van der Waals surface area contributed by atoms with Crippen molar-refractivity contribution in [3.63, 3.8) is 0 Å². The van der Waals surface area contributed by atoms with E-state index in [1.54, 1.807) is 19.4 Å². The van der Waals surface area contributed by atoms with Crippen LogP contribution in [0.5, 0.6) is 6.01 Å². The number of nitrogens with one attached hydrogen (secondary N) is 1. The van der Waals surface area contributed by atoms with Gasteiger partial charge in [-0.25, -0.2) is 9.97 Å². The van der Waals surface area contributed by atoms with Gasteiger partial charge in [-0.15, -0.1) is 6.58 Å². The number of nitrogens with zero attached hydrogens (tertiary/aromatic N) is 3. The van der Waals surface area contributed by atoms with Crippen LogP contribution in [-0.4, -0.2) is 27.0 Å². The van der Waals surface area contributed by atoms with Gasteiger partial charge in [0.1, 0.15) is 11.3 Å². The summed E-state index contributed by atoms with van der Waals surface area (Å²) >= 11 is 0. The van der Waals surface area contributed by atoms with E-state index in [1.165, 1.54) is 0 Å². The number of hydrogen-bond acceptors (Lipinski definition) is 4. The molecule has 0 aliphatic rings. The Kier molecular flexibility index (Phi) is 2.14. The number of hydrogen-bond donors (Lipinski definition) is 1. The minimum Gasteiger partial charge on any atom is -0.468 e. The van der Waals surface area contributed by atoms with Crippen molar-refractivity contribution in [2.45, 2.75) is 6.42 Å². The summed E-state index contributed by atoms with van der Waals surface area (Å²) in [7, 11) is 1.55. The summed E-state index contributed by atoms with van der Waals surface area (Å²) in [6.07, 6.45) is 4.09. The molecule has 0 unspecified atom stereocenters. The first-order chi connectivity index (χ1) is 6.83. The van der Waals surface area contributed by atoms with E-state index in [-0.39, 0.29) is 0 Å². The Morgan fingerprint density at radius 3 is 3.14 bits per heavy atom. The van der Waals surface area contributed by atoms with Crippen molar-refractivity contribution in [3.8, 4) is 6.01 Å². The molecule has 0 aliphatic carbocycles. The quantitative estimate of drug-likeness (QED) is 0.736. The van der Waals surface area contributed by atoms with Gasteiger partial charge in [-0.05, 0) is 0 Å². The molecule has 0 fully saturated rings. The van der Waals surface area contributed by atoms with Gasteiger partial charge in [0.05, 0.1) is 13.3 Å². The Balaban J connectivity index is 2.48. The van der Waals surface area contributed by atoms with Crippen LogP contribution in [0.4, 0.5) is 0 Å². The molecule has 0 aromatic carbocycles. The monoisotopic (exact) mass is 190 g/mol. The second-order valence-corrected chi connectivity index (χ2v) is 2.76. The highest BCUT2D eigenvalue weighted by atomic mass is 16.5. The predicted molar refractivity (Wildman–Crippen MR) is 52.1 cm³/mol.